The third-order valence-corrected chi connectivity index (χ3v) is 9.45. The second kappa shape index (κ2) is 12.7. The van der Waals surface area contributed by atoms with E-state index in [1.165, 1.54) is 12.1 Å². The predicted octanol–water partition coefficient (Wildman–Crippen LogP) is 6.94. The molecule has 0 amide bonds. The molecule has 0 N–H and O–H groups in total. The van der Waals surface area contributed by atoms with Crippen molar-refractivity contribution in [3.8, 4) is 0 Å². The number of nitro groups is 1. The van der Waals surface area contributed by atoms with Crippen LogP contribution in [-0.2, 0) is 24.7 Å². The summed E-state index contributed by atoms with van der Waals surface area (Å²) in [5, 5.41) is 25.6. The maximum atomic E-state index is 14.0. The summed E-state index contributed by atoms with van der Waals surface area (Å²) in [6.07, 6.45) is 0.121. The normalized spacial score (nSPS) is 20.5. The first kappa shape index (κ1) is 33.5. The van der Waals surface area contributed by atoms with Gasteiger partial charge in [-0.15, -0.1) is 10.2 Å². The van der Waals surface area contributed by atoms with Gasteiger partial charge in [0.05, 0.1) is 40.9 Å². The highest BCUT2D eigenvalue weighted by Crippen LogP contribution is 2.57. The van der Waals surface area contributed by atoms with Gasteiger partial charge in [-0.3, -0.25) is 19.9 Å². The molecule has 3 heterocycles. The van der Waals surface area contributed by atoms with Crippen molar-refractivity contribution >= 4 is 63.6 Å². The van der Waals surface area contributed by atoms with Crippen molar-refractivity contribution in [2.24, 2.45) is 10.2 Å². The summed E-state index contributed by atoms with van der Waals surface area (Å²) in [5.74, 6) is -1.27. The van der Waals surface area contributed by atoms with Gasteiger partial charge in [-0.2, -0.15) is 0 Å². The molecule has 4 aromatic carbocycles. The number of ether oxygens (including phenoxy) is 2. The van der Waals surface area contributed by atoms with Crippen molar-refractivity contribution in [2.45, 2.75) is 45.4 Å². The van der Waals surface area contributed by atoms with E-state index in [1.807, 2.05) is 84.3 Å². The van der Waals surface area contributed by atoms with E-state index in [0.29, 0.717) is 27.8 Å². The lowest BCUT2D eigenvalue weighted by atomic mass is 9.86. The summed E-state index contributed by atoms with van der Waals surface area (Å²) >= 11 is 6.37. The number of benzene rings is 4. The minimum atomic E-state index is -1.30. The van der Waals surface area contributed by atoms with E-state index in [9.17, 15) is 19.7 Å². The lowest BCUT2D eigenvalue weighted by Crippen LogP contribution is -2.62. The van der Waals surface area contributed by atoms with Gasteiger partial charge in [0.15, 0.2) is 5.66 Å². The molecule has 4 aromatic rings. The van der Waals surface area contributed by atoms with Crippen molar-refractivity contribution in [1.82, 2.24) is 0 Å². The number of anilines is 4. The number of hydrogen-bond acceptors (Lipinski definition) is 12. The zero-order chi connectivity index (χ0) is 36.1. The number of non-ortho nitro benzene ring substituents is 1. The number of rotatable bonds is 8. The molecule has 0 aliphatic carbocycles. The molecule has 260 valence electrons. The Labute approximate surface area is 299 Å². The Hall–Kier alpha value is -5.95. The molecule has 0 aromatic heterocycles. The minimum Gasteiger partial charge on any atom is -0.460 e. The predicted molar refractivity (Wildman–Crippen MR) is 195 cm³/mol. The van der Waals surface area contributed by atoms with Gasteiger partial charge < -0.3 is 9.47 Å². The van der Waals surface area contributed by atoms with Crippen LogP contribution in [0.15, 0.2) is 107 Å². The van der Waals surface area contributed by atoms with Gasteiger partial charge in [0.25, 0.3) is 5.69 Å². The fraction of sp³-hybridized carbons (Fsp3) is 0.243. The van der Waals surface area contributed by atoms with Crippen molar-refractivity contribution in [2.75, 3.05) is 33.0 Å². The van der Waals surface area contributed by atoms with Crippen LogP contribution in [-0.4, -0.2) is 47.4 Å². The molecule has 0 saturated carbocycles. The molecule has 0 spiro atoms. The Bertz CT molecular complexity index is 2090. The van der Waals surface area contributed by atoms with Gasteiger partial charge in [-0.1, -0.05) is 48.0 Å². The van der Waals surface area contributed by atoms with Crippen LogP contribution in [0.2, 0.25) is 5.02 Å². The summed E-state index contributed by atoms with van der Waals surface area (Å²) in [4.78, 5) is 42.8. The van der Waals surface area contributed by atoms with Crippen molar-refractivity contribution < 1.29 is 24.0 Å². The van der Waals surface area contributed by atoms with Crippen LogP contribution in [0.25, 0.3) is 0 Å². The van der Waals surface area contributed by atoms with E-state index in [2.05, 4.69) is 0 Å². The molecule has 3 aliphatic heterocycles. The number of carbonyl (C=O) groups is 2. The third-order valence-electron chi connectivity index (χ3n) is 9.19. The Balaban J connectivity index is 1.58. The zero-order valence-corrected chi connectivity index (χ0v) is 29.1. The minimum absolute atomic E-state index is 0.000132. The van der Waals surface area contributed by atoms with Gasteiger partial charge in [-0.25, -0.2) is 19.6 Å². The number of carbonyl (C=O) groups excluding carboxylic acids is 2. The second-order valence-corrected chi connectivity index (χ2v) is 12.8. The Morgan fingerprint density at radius 3 is 1.98 bits per heavy atom. The number of aryl methyl sites for hydroxylation is 1. The van der Waals surface area contributed by atoms with E-state index in [4.69, 9.17) is 31.3 Å². The molecule has 13 nitrogen and oxygen atoms in total. The highest BCUT2D eigenvalue weighted by Gasteiger charge is 2.64. The molecular formula is C37H34ClN7O6. The van der Waals surface area contributed by atoms with Crippen LogP contribution in [0.4, 0.5) is 28.4 Å². The first-order valence-corrected chi connectivity index (χ1v) is 16.8. The maximum Gasteiger partial charge on any atom is 0.376 e. The van der Waals surface area contributed by atoms with Gasteiger partial charge >= 0.3 is 11.9 Å². The van der Waals surface area contributed by atoms with Gasteiger partial charge in [0, 0.05) is 29.1 Å². The summed E-state index contributed by atoms with van der Waals surface area (Å²) in [6, 6.07) is 28.5. The van der Waals surface area contributed by atoms with Crippen LogP contribution in [0, 0.1) is 17.0 Å². The summed E-state index contributed by atoms with van der Waals surface area (Å²) in [7, 11) is 0. The van der Waals surface area contributed by atoms with Gasteiger partial charge in [0.2, 0.25) is 11.7 Å². The molecule has 0 bridgehead atoms. The summed E-state index contributed by atoms with van der Waals surface area (Å²) in [5.41, 5.74) is 1.24. The van der Waals surface area contributed by atoms with E-state index >= 15 is 0 Å². The fourth-order valence-electron chi connectivity index (χ4n) is 7.14. The molecule has 0 saturated heterocycles. The molecule has 0 fully saturated rings. The largest absolute Gasteiger partial charge is 0.460 e. The zero-order valence-electron chi connectivity index (χ0n) is 28.3. The van der Waals surface area contributed by atoms with Gasteiger partial charge in [-0.05, 0) is 81.8 Å². The Morgan fingerprint density at radius 2 is 1.37 bits per heavy atom. The number of amidine groups is 2. The first-order chi connectivity index (χ1) is 24.5. The number of nitrogens with zero attached hydrogens (tertiary/aromatic N) is 7. The van der Waals surface area contributed by atoms with E-state index in [-0.39, 0.29) is 37.0 Å². The SMILES string of the molecule is CCOC(=O)C1=NN(c2ccc([N+](=O)[O-])cc2)[C@]2(C)C[C@]3(c4ccccc4)N(c4ccc(Cl)cc4)N=C(C(=O)OCC)N3c3cc(C)ccc3N12. The monoisotopic (exact) mass is 707 g/mol. The quantitative estimate of drug-likeness (QED) is 0.108. The molecule has 2 atom stereocenters. The van der Waals surface area contributed by atoms with E-state index in [1.54, 1.807) is 48.1 Å². The number of esters is 2. The van der Waals surface area contributed by atoms with E-state index < -0.39 is 28.2 Å². The molecule has 0 radical (unpaired) electrons. The van der Waals surface area contributed by atoms with Crippen molar-refractivity contribution in [3.05, 3.63) is 123 Å². The van der Waals surface area contributed by atoms with Crippen LogP contribution < -0.4 is 19.8 Å². The first-order valence-electron chi connectivity index (χ1n) is 16.4. The average Bonchev–Trinajstić information content (AvgIpc) is 3.59. The Morgan fingerprint density at radius 1 is 0.804 bits per heavy atom. The number of fused-ring (bicyclic) bond motifs is 5. The van der Waals surface area contributed by atoms with Crippen molar-refractivity contribution in [1.29, 1.82) is 0 Å². The molecule has 0 unspecified atom stereocenters. The molecule has 3 aliphatic rings. The van der Waals surface area contributed by atoms with Gasteiger partial charge in [0.1, 0.15) is 5.66 Å². The molecular weight excluding hydrogens is 674 g/mol. The second-order valence-electron chi connectivity index (χ2n) is 12.4. The van der Waals surface area contributed by atoms with Crippen molar-refractivity contribution in [3.63, 3.8) is 0 Å². The highest BCUT2D eigenvalue weighted by atomic mass is 35.5. The third kappa shape index (κ3) is 5.32. The summed E-state index contributed by atoms with van der Waals surface area (Å²) < 4.78 is 11.2. The Kier molecular flexibility index (Phi) is 8.38. The molecule has 51 heavy (non-hydrogen) atoms. The average molecular weight is 708 g/mol. The molecule has 7 rings (SSSR count). The number of nitro benzene ring substituents is 1. The van der Waals surface area contributed by atoms with Crippen LogP contribution in [0.1, 0.15) is 38.3 Å². The van der Waals surface area contributed by atoms with E-state index in [0.717, 1.165) is 11.1 Å². The smallest absolute Gasteiger partial charge is 0.376 e. The lowest BCUT2D eigenvalue weighted by Gasteiger charge is -2.48. The number of halogens is 1. The van der Waals surface area contributed by atoms with Crippen LogP contribution in [0.3, 0.4) is 0 Å². The highest BCUT2D eigenvalue weighted by molar-refractivity contribution is 6.45. The fourth-order valence-corrected chi connectivity index (χ4v) is 7.27. The van der Waals surface area contributed by atoms with Crippen LogP contribution >= 0.6 is 11.6 Å². The topological polar surface area (TPSA) is 133 Å². The molecule has 14 heteroatoms. The number of hydrazone groups is 2. The van der Waals surface area contributed by atoms with Crippen LogP contribution in [0.5, 0.6) is 0 Å². The lowest BCUT2D eigenvalue weighted by molar-refractivity contribution is -0.384. The summed E-state index contributed by atoms with van der Waals surface area (Å²) in [6.45, 7) is 7.54. The maximum absolute atomic E-state index is 14.0. The standard InChI is InChI=1S/C37H34ClN7O6/c1-5-50-34(46)32-39-43(27-17-19-29(20-18-27)45(48)49)36(4)23-37(25-10-8-7-9-11-25)42(31-22-24(3)12-21-30(31)41(32)36)33(35(47)51-6-2)40-44(37)28-15-13-26(38)14-16-28/h7-22H,5-6,23H2,1-4H3/t36-,37-/m1/s1. The number of hydrogen-bond donors (Lipinski definition) is 0.